The van der Waals surface area contributed by atoms with Gasteiger partial charge in [-0.1, -0.05) is 0 Å². The van der Waals surface area contributed by atoms with Gasteiger partial charge in [-0.25, -0.2) is 0 Å². The highest BCUT2D eigenvalue weighted by Gasteiger charge is 2.32. The zero-order valence-corrected chi connectivity index (χ0v) is 11.3. The number of amides is 1. The second-order valence-corrected chi connectivity index (χ2v) is 5.23. The number of hydrogen-bond donors (Lipinski definition) is 1. The Morgan fingerprint density at radius 3 is 2.68 bits per heavy atom. The van der Waals surface area contributed by atoms with Crippen LogP contribution in [0.3, 0.4) is 0 Å². The molecule has 1 aliphatic heterocycles. The molecular weight excluding hydrogens is 240 g/mol. The molecule has 19 heavy (non-hydrogen) atoms. The van der Waals surface area contributed by atoms with E-state index in [4.69, 9.17) is 0 Å². The van der Waals surface area contributed by atoms with E-state index in [-0.39, 0.29) is 5.91 Å². The first-order valence-corrected chi connectivity index (χ1v) is 6.94. The van der Waals surface area contributed by atoms with Crippen LogP contribution in [0.1, 0.15) is 23.2 Å². The Morgan fingerprint density at radius 2 is 2.05 bits per heavy atom. The fourth-order valence-electron chi connectivity index (χ4n) is 2.68. The van der Waals surface area contributed by atoms with Crippen LogP contribution in [0, 0.1) is 0 Å². The molecule has 0 bridgehead atoms. The molecule has 1 saturated heterocycles. The summed E-state index contributed by atoms with van der Waals surface area (Å²) in [5.41, 5.74) is 1.52. The van der Waals surface area contributed by atoms with Crippen LogP contribution in [-0.2, 0) is 0 Å². The summed E-state index contributed by atoms with van der Waals surface area (Å²) < 4.78 is 0. The van der Waals surface area contributed by atoms with Crippen molar-refractivity contribution in [1.29, 1.82) is 0 Å². The van der Waals surface area contributed by atoms with Gasteiger partial charge in [0.15, 0.2) is 0 Å². The van der Waals surface area contributed by atoms with Gasteiger partial charge < -0.3 is 10.2 Å². The minimum Gasteiger partial charge on any atom is -0.386 e. The number of nitrogens with one attached hydrogen (secondary N) is 1. The van der Waals surface area contributed by atoms with Gasteiger partial charge in [-0.05, 0) is 18.9 Å². The first-order chi connectivity index (χ1) is 9.29. The lowest BCUT2D eigenvalue weighted by atomic mass is 10.2. The van der Waals surface area contributed by atoms with Crippen LogP contribution < -0.4 is 5.32 Å². The molecule has 3 rings (SSSR count). The molecule has 0 radical (unpaired) electrons. The predicted molar refractivity (Wildman–Crippen MR) is 74.3 cm³/mol. The van der Waals surface area contributed by atoms with E-state index >= 15 is 0 Å². The quantitative estimate of drug-likeness (QED) is 0.882. The number of anilines is 1. The van der Waals surface area contributed by atoms with E-state index in [2.05, 4.69) is 15.2 Å². The summed E-state index contributed by atoms with van der Waals surface area (Å²) in [7, 11) is 1.82. The van der Waals surface area contributed by atoms with Gasteiger partial charge in [0, 0.05) is 45.5 Å². The molecule has 0 unspecified atom stereocenters. The number of hydrogen-bond acceptors (Lipinski definition) is 4. The molecule has 0 spiro atoms. The largest absolute Gasteiger partial charge is 0.386 e. The summed E-state index contributed by atoms with van der Waals surface area (Å²) in [6, 6.07) is 2.59. The Hall–Kier alpha value is -1.62. The molecule has 5 heteroatoms. The summed E-state index contributed by atoms with van der Waals surface area (Å²) >= 11 is 0. The zero-order valence-electron chi connectivity index (χ0n) is 11.3. The maximum atomic E-state index is 12.5. The van der Waals surface area contributed by atoms with Crippen molar-refractivity contribution in [3.8, 4) is 0 Å². The summed E-state index contributed by atoms with van der Waals surface area (Å²) in [5, 5.41) is 3.03. The van der Waals surface area contributed by atoms with E-state index < -0.39 is 0 Å². The van der Waals surface area contributed by atoms with Gasteiger partial charge >= 0.3 is 0 Å². The predicted octanol–water partition coefficient (Wildman–Crippen LogP) is 1.04. The van der Waals surface area contributed by atoms with Crippen LogP contribution in [0.25, 0.3) is 0 Å². The first-order valence-electron chi connectivity index (χ1n) is 6.94. The van der Waals surface area contributed by atoms with E-state index in [1.807, 2.05) is 11.9 Å². The van der Waals surface area contributed by atoms with Gasteiger partial charge in [-0.2, -0.15) is 0 Å². The molecule has 1 aromatic heterocycles. The molecule has 1 saturated carbocycles. The topological polar surface area (TPSA) is 48.5 Å². The Bertz CT molecular complexity index is 464. The lowest BCUT2D eigenvalue weighted by molar-refractivity contribution is 0.0628. The van der Waals surface area contributed by atoms with E-state index in [9.17, 15) is 4.79 Å². The zero-order chi connectivity index (χ0) is 13.2. The lowest BCUT2D eigenvalue weighted by Crippen LogP contribution is -2.49. The van der Waals surface area contributed by atoms with Crippen LogP contribution in [0.2, 0.25) is 0 Å². The van der Waals surface area contributed by atoms with Gasteiger partial charge in [0.2, 0.25) is 0 Å². The van der Waals surface area contributed by atoms with Crippen LogP contribution in [0.5, 0.6) is 0 Å². The first kappa shape index (κ1) is 12.4. The molecule has 2 aliphatic rings. The summed E-state index contributed by atoms with van der Waals surface area (Å²) in [5.74, 6) is 0.113. The number of aromatic nitrogens is 1. The third-order valence-corrected chi connectivity index (χ3v) is 3.99. The Balaban J connectivity index is 1.67. The van der Waals surface area contributed by atoms with Crippen molar-refractivity contribution in [3.05, 3.63) is 24.0 Å². The molecule has 5 nitrogen and oxygen atoms in total. The van der Waals surface area contributed by atoms with Crippen molar-refractivity contribution in [3.63, 3.8) is 0 Å². The van der Waals surface area contributed by atoms with Crippen molar-refractivity contribution in [1.82, 2.24) is 14.8 Å². The average Bonchev–Trinajstić information content (AvgIpc) is 3.31. The Labute approximate surface area is 113 Å². The molecule has 1 N–H and O–H groups in total. The molecule has 0 atom stereocenters. The highest BCUT2D eigenvalue weighted by atomic mass is 16.2. The highest BCUT2D eigenvalue weighted by Crippen LogP contribution is 2.27. The molecular formula is C14H20N4O. The molecule has 1 aliphatic carbocycles. The number of piperazine rings is 1. The van der Waals surface area contributed by atoms with E-state index in [0.717, 1.165) is 43.5 Å². The third kappa shape index (κ3) is 2.56. The van der Waals surface area contributed by atoms with Crippen molar-refractivity contribution >= 4 is 11.6 Å². The number of nitrogens with zero attached hydrogens (tertiary/aromatic N) is 3. The monoisotopic (exact) mass is 260 g/mol. The van der Waals surface area contributed by atoms with Gasteiger partial charge in [0.05, 0.1) is 17.4 Å². The third-order valence-electron chi connectivity index (χ3n) is 3.99. The number of carbonyl (C=O) groups is 1. The normalized spacial score (nSPS) is 20.4. The van der Waals surface area contributed by atoms with Gasteiger partial charge in [0.25, 0.3) is 5.91 Å². The second-order valence-electron chi connectivity index (χ2n) is 5.23. The standard InChI is InChI=1S/C14H20N4O/c1-15-13-10-16-5-4-12(13)14(19)18-8-6-17(7-9-18)11-2-3-11/h4-5,10-11,15H,2-3,6-9H2,1H3. The van der Waals surface area contributed by atoms with Crippen LogP contribution >= 0.6 is 0 Å². The molecule has 2 heterocycles. The maximum absolute atomic E-state index is 12.5. The van der Waals surface area contributed by atoms with E-state index in [1.165, 1.54) is 12.8 Å². The van der Waals surface area contributed by atoms with E-state index in [0.29, 0.717) is 0 Å². The fourth-order valence-corrected chi connectivity index (χ4v) is 2.68. The van der Waals surface area contributed by atoms with Gasteiger partial charge in [-0.15, -0.1) is 0 Å². The maximum Gasteiger partial charge on any atom is 0.256 e. The van der Waals surface area contributed by atoms with Crippen molar-refractivity contribution in [2.24, 2.45) is 0 Å². The van der Waals surface area contributed by atoms with Crippen molar-refractivity contribution < 1.29 is 4.79 Å². The summed E-state index contributed by atoms with van der Waals surface area (Å²) in [4.78, 5) is 21.0. The molecule has 2 fully saturated rings. The van der Waals surface area contributed by atoms with Crippen LogP contribution in [0.4, 0.5) is 5.69 Å². The minimum absolute atomic E-state index is 0.113. The smallest absolute Gasteiger partial charge is 0.256 e. The number of rotatable bonds is 3. The molecule has 0 aromatic carbocycles. The lowest BCUT2D eigenvalue weighted by Gasteiger charge is -2.35. The van der Waals surface area contributed by atoms with Crippen molar-refractivity contribution in [2.45, 2.75) is 18.9 Å². The molecule has 102 valence electrons. The SMILES string of the molecule is CNc1cnccc1C(=O)N1CCN(C2CC2)CC1. The highest BCUT2D eigenvalue weighted by molar-refractivity contribution is 5.99. The van der Waals surface area contributed by atoms with Gasteiger partial charge in [0.1, 0.15) is 0 Å². The average molecular weight is 260 g/mol. The second kappa shape index (κ2) is 5.17. The van der Waals surface area contributed by atoms with E-state index in [1.54, 1.807) is 18.5 Å². The van der Waals surface area contributed by atoms with Crippen LogP contribution in [0.15, 0.2) is 18.5 Å². The molecule has 1 aromatic rings. The van der Waals surface area contributed by atoms with Gasteiger partial charge in [-0.3, -0.25) is 14.7 Å². The van der Waals surface area contributed by atoms with Crippen LogP contribution in [-0.4, -0.2) is 60.0 Å². The minimum atomic E-state index is 0.113. The molecule has 1 amide bonds. The Morgan fingerprint density at radius 1 is 1.32 bits per heavy atom. The van der Waals surface area contributed by atoms with Crippen molar-refractivity contribution in [2.75, 3.05) is 38.5 Å². The fraction of sp³-hybridized carbons (Fsp3) is 0.571. The summed E-state index contributed by atoms with van der Waals surface area (Å²) in [6.07, 6.45) is 6.05. The Kier molecular flexibility index (Phi) is 3.38. The summed E-state index contributed by atoms with van der Waals surface area (Å²) in [6.45, 7) is 3.69. The number of pyridine rings is 1. The number of carbonyl (C=O) groups excluding carboxylic acids is 1.